The molecule has 1 aromatic carbocycles. The first-order valence-corrected chi connectivity index (χ1v) is 5.89. The molecule has 0 aliphatic rings. The Morgan fingerprint density at radius 3 is 2.35 bits per heavy atom. The molecule has 0 saturated heterocycles. The van der Waals surface area contributed by atoms with Crippen molar-refractivity contribution in [2.45, 2.75) is 39.2 Å². The number of hydrogen-bond acceptors (Lipinski definition) is 3. The normalized spacial score (nSPS) is 11.2. The Kier molecular flexibility index (Phi) is 3.99. The third-order valence-electron chi connectivity index (χ3n) is 3.30. The summed E-state index contributed by atoms with van der Waals surface area (Å²) in [7, 11) is 0. The molecule has 0 bridgehead atoms. The van der Waals surface area contributed by atoms with E-state index in [4.69, 9.17) is 11.5 Å². The van der Waals surface area contributed by atoms with Gasteiger partial charge in [0.2, 0.25) is 0 Å². The van der Waals surface area contributed by atoms with Crippen LogP contribution in [0.2, 0.25) is 0 Å². The van der Waals surface area contributed by atoms with Gasteiger partial charge in [-0.15, -0.1) is 0 Å². The van der Waals surface area contributed by atoms with Crippen molar-refractivity contribution in [3.8, 4) is 0 Å². The molecular weight excluding hydrogens is 214 g/mol. The van der Waals surface area contributed by atoms with Crippen molar-refractivity contribution in [3.05, 3.63) is 23.8 Å². The lowest BCUT2D eigenvalue weighted by atomic mass is 9.95. The van der Waals surface area contributed by atoms with Gasteiger partial charge in [0.15, 0.2) is 0 Å². The van der Waals surface area contributed by atoms with E-state index in [2.05, 4.69) is 19.2 Å². The molecule has 5 N–H and O–H groups in total. The van der Waals surface area contributed by atoms with E-state index in [0.29, 0.717) is 16.9 Å². The third-order valence-corrected chi connectivity index (χ3v) is 3.30. The van der Waals surface area contributed by atoms with Gasteiger partial charge in [-0.2, -0.15) is 0 Å². The van der Waals surface area contributed by atoms with Crippen LogP contribution in [-0.4, -0.2) is 11.4 Å². The quantitative estimate of drug-likeness (QED) is 0.699. The summed E-state index contributed by atoms with van der Waals surface area (Å²) in [4.78, 5) is 12.1. The Bertz CT molecular complexity index is 411. The van der Waals surface area contributed by atoms with Gasteiger partial charge in [-0.3, -0.25) is 4.79 Å². The predicted molar refractivity (Wildman–Crippen MR) is 71.7 cm³/mol. The molecule has 0 heterocycles. The zero-order valence-electron chi connectivity index (χ0n) is 10.7. The maximum atomic E-state index is 12.1. The number of nitrogens with one attached hydrogen (secondary N) is 1. The zero-order chi connectivity index (χ0) is 13.1. The summed E-state index contributed by atoms with van der Waals surface area (Å²) in [6.45, 7) is 6.13. The summed E-state index contributed by atoms with van der Waals surface area (Å²) in [6.07, 6.45) is 1.76. The first-order chi connectivity index (χ1) is 7.91. The molecule has 0 saturated carbocycles. The molecule has 0 atom stereocenters. The van der Waals surface area contributed by atoms with Crippen molar-refractivity contribution < 1.29 is 4.79 Å². The number of nitrogen functional groups attached to an aromatic ring is 2. The molecule has 0 fully saturated rings. The highest BCUT2D eigenvalue weighted by molar-refractivity contribution is 6.00. The second kappa shape index (κ2) is 5.08. The lowest BCUT2D eigenvalue weighted by Gasteiger charge is -2.28. The van der Waals surface area contributed by atoms with Crippen LogP contribution in [0.4, 0.5) is 11.4 Å². The molecule has 4 nitrogen and oxygen atoms in total. The summed E-state index contributed by atoms with van der Waals surface area (Å²) in [6, 6.07) is 4.94. The van der Waals surface area contributed by atoms with E-state index in [1.165, 1.54) is 0 Å². The molecule has 1 rings (SSSR count). The largest absolute Gasteiger partial charge is 0.399 e. The van der Waals surface area contributed by atoms with Crippen LogP contribution in [0.25, 0.3) is 0 Å². The first-order valence-electron chi connectivity index (χ1n) is 5.89. The summed E-state index contributed by atoms with van der Waals surface area (Å²) in [5.74, 6) is -0.145. The van der Waals surface area contributed by atoms with Crippen LogP contribution >= 0.6 is 0 Å². The molecule has 0 unspecified atom stereocenters. The van der Waals surface area contributed by atoms with Crippen molar-refractivity contribution in [1.82, 2.24) is 5.32 Å². The van der Waals surface area contributed by atoms with Crippen molar-refractivity contribution in [2.24, 2.45) is 0 Å². The van der Waals surface area contributed by atoms with Crippen LogP contribution in [0.15, 0.2) is 18.2 Å². The molecule has 17 heavy (non-hydrogen) atoms. The monoisotopic (exact) mass is 235 g/mol. The predicted octanol–water partition coefficient (Wildman–Crippen LogP) is 2.16. The molecule has 0 aliphatic heterocycles. The van der Waals surface area contributed by atoms with Crippen molar-refractivity contribution >= 4 is 17.3 Å². The van der Waals surface area contributed by atoms with Crippen molar-refractivity contribution in [3.63, 3.8) is 0 Å². The molecular formula is C13H21N3O. The van der Waals surface area contributed by atoms with E-state index >= 15 is 0 Å². The van der Waals surface area contributed by atoms with Gasteiger partial charge in [-0.05, 0) is 38.0 Å². The van der Waals surface area contributed by atoms with E-state index < -0.39 is 0 Å². The number of carbonyl (C=O) groups excluding carboxylic acids is 1. The number of hydrogen-bond donors (Lipinski definition) is 3. The van der Waals surface area contributed by atoms with Crippen LogP contribution in [-0.2, 0) is 0 Å². The molecule has 4 heteroatoms. The van der Waals surface area contributed by atoms with Gasteiger partial charge in [-0.25, -0.2) is 0 Å². The average molecular weight is 235 g/mol. The van der Waals surface area contributed by atoms with Crippen LogP contribution in [0.5, 0.6) is 0 Å². The van der Waals surface area contributed by atoms with Gasteiger partial charge in [0.05, 0.1) is 5.56 Å². The maximum Gasteiger partial charge on any atom is 0.253 e. The highest BCUT2D eigenvalue weighted by Crippen LogP contribution is 2.19. The van der Waals surface area contributed by atoms with Gasteiger partial charge in [0.25, 0.3) is 5.91 Å². The van der Waals surface area contributed by atoms with E-state index in [9.17, 15) is 4.79 Å². The highest BCUT2D eigenvalue weighted by Gasteiger charge is 2.23. The second-order valence-corrected chi connectivity index (χ2v) is 4.57. The first kappa shape index (κ1) is 13.4. The number of anilines is 2. The summed E-state index contributed by atoms with van der Waals surface area (Å²) in [5.41, 5.74) is 12.6. The minimum atomic E-state index is -0.190. The van der Waals surface area contributed by atoms with Gasteiger partial charge in [0.1, 0.15) is 0 Å². The van der Waals surface area contributed by atoms with Crippen molar-refractivity contribution in [2.75, 3.05) is 11.5 Å². The molecule has 1 aromatic rings. The zero-order valence-corrected chi connectivity index (χ0v) is 10.7. The summed E-state index contributed by atoms with van der Waals surface area (Å²) < 4.78 is 0. The number of nitrogens with two attached hydrogens (primary N) is 2. The molecule has 1 amide bonds. The Morgan fingerprint density at radius 1 is 1.29 bits per heavy atom. The Labute approximate surface area is 102 Å². The minimum Gasteiger partial charge on any atom is -0.399 e. The highest BCUT2D eigenvalue weighted by atomic mass is 16.1. The van der Waals surface area contributed by atoms with Crippen LogP contribution < -0.4 is 16.8 Å². The second-order valence-electron chi connectivity index (χ2n) is 4.57. The molecule has 0 spiro atoms. The molecule has 94 valence electrons. The Morgan fingerprint density at radius 2 is 1.88 bits per heavy atom. The topological polar surface area (TPSA) is 81.1 Å². The smallest absolute Gasteiger partial charge is 0.253 e. The summed E-state index contributed by atoms with van der Waals surface area (Å²) in [5, 5.41) is 3.01. The molecule has 0 aliphatic carbocycles. The fourth-order valence-electron chi connectivity index (χ4n) is 1.56. The number of rotatable bonds is 4. The number of amides is 1. The molecule has 0 radical (unpaired) electrons. The van der Waals surface area contributed by atoms with Crippen molar-refractivity contribution in [1.29, 1.82) is 0 Å². The summed E-state index contributed by atoms with van der Waals surface area (Å²) >= 11 is 0. The average Bonchev–Trinajstić information content (AvgIpc) is 2.28. The minimum absolute atomic E-state index is 0.145. The van der Waals surface area contributed by atoms with Crippen LogP contribution in [0.3, 0.4) is 0 Å². The Hall–Kier alpha value is -1.71. The Balaban J connectivity index is 2.90. The number of benzene rings is 1. The van der Waals surface area contributed by atoms with E-state index in [0.717, 1.165) is 12.8 Å². The van der Waals surface area contributed by atoms with Gasteiger partial charge in [-0.1, -0.05) is 13.8 Å². The van der Waals surface area contributed by atoms with Gasteiger partial charge >= 0.3 is 0 Å². The fourth-order valence-corrected chi connectivity index (χ4v) is 1.56. The SMILES string of the molecule is CCC(C)(CC)NC(=O)c1ccc(N)cc1N. The van der Waals surface area contributed by atoms with E-state index in [1.54, 1.807) is 18.2 Å². The van der Waals surface area contributed by atoms with Crippen LogP contribution in [0, 0.1) is 0 Å². The lowest BCUT2D eigenvalue weighted by Crippen LogP contribution is -2.45. The van der Waals surface area contributed by atoms with E-state index in [1.807, 2.05) is 6.92 Å². The third kappa shape index (κ3) is 3.12. The molecule has 0 aromatic heterocycles. The fraction of sp³-hybridized carbons (Fsp3) is 0.462. The van der Waals surface area contributed by atoms with Gasteiger partial charge < -0.3 is 16.8 Å². The lowest BCUT2D eigenvalue weighted by molar-refractivity contribution is 0.0902. The van der Waals surface area contributed by atoms with Crippen LogP contribution in [0.1, 0.15) is 44.0 Å². The van der Waals surface area contributed by atoms with E-state index in [-0.39, 0.29) is 11.4 Å². The van der Waals surface area contributed by atoms with Gasteiger partial charge in [0, 0.05) is 16.9 Å². The number of carbonyl (C=O) groups is 1. The maximum absolute atomic E-state index is 12.1. The standard InChI is InChI=1S/C13H21N3O/c1-4-13(3,5-2)16-12(17)10-7-6-9(14)8-11(10)15/h6-8H,4-5,14-15H2,1-3H3,(H,16,17).